The molecule has 0 fully saturated rings. The van der Waals surface area contributed by atoms with Crippen LogP contribution in [0.25, 0.3) is 0 Å². The molecule has 2 aromatic rings. The minimum atomic E-state index is -0.0826. The van der Waals surface area contributed by atoms with Gasteiger partial charge in [0, 0.05) is 18.2 Å². The number of benzene rings is 2. The van der Waals surface area contributed by atoms with E-state index in [-0.39, 0.29) is 24.4 Å². The summed E-state index contributed by atoms with van der Waals surface area (Å²) in [6, 6.07) is 15.7. The molecule has 0 aromatic heterocycles. The van der Waals surface area contributed by atoms with Crippen LogP contribution in [0.3, 0.4) is 0 Å². The summed E-state index contributed by atoms with van der Waals surface area (Å²) in [6.45, 7) is 8.13. The predicted molar refractivity (Wildman–Crippen MR) is 105 cm³/mol. The molecule has 0 aliphatic rings. The number of carbonyl (C=O) groups excluding carboxylic acids is 1. The lowest BCUT2D eigenvalue weighted by atomic mass is 10.1. The first-order chi connectivity index (χ1) is 11.6. The summed E-state index contributed by atoms with van der Waals surface area (Å²) in [5.41, 5.74) is 2.93. The quantitative estimate of drug-likeness (QED) is 0.752. The summed E-state index contributed by atoms with van der Waals surface area (Å²) < 4.78 is 5.81. The Labute approximate surface area is 156 Å². The molecule has 0 aliphatic carbocycles. The zero-order valence-corrected chi connectivity index (χ0v) is 15.9. The lowest BCUT2D eigenvalue weighted by molar-refractivity contribution is 0.0949. The van der Waals surface area contributed by atoms with E-state index in [1.54, 1.807) is 12.1 Å². The number of nitrogens with one attached hydrogen (secondary N) is 2. The van der Waals surface area contributed by atoms with Crippen LogP contribution in [0.5, 0.6) is 5.75 Å². The summed E-state index contributed by atoms with van der Waals surface area (Å²) in [5, 5.41) is 6.20. The van der Waals surface area contributed by atoms with Crippen LogP contribution >= 0.6 is 12.4 Å². The predicted octanol–water partition coefficient (Wildman–Crippen LogP) is 3.72. The van der Waals surface area contributed by atoms with Crippen LogP contribution in [0.4, 0.5) is 0 Å². The van der Waals surface area contributed by atoms with Crippen LogP contribution in [0.1, 0.15) is 35.3 Å². The second-order valence-corrected chi connectivity index (χ2v) is 5.97. The summed E-state index contributed by atoms with van der Waals surface area (Å²) in [5.74, 6) is 0.615. The lowest BCUT2D eigenvalue weighted by Gasteiger charge is -2.13. The Bertz CT molecular complexity index is 676. The fourth-order valence-electron chi connectivity index (χ4n) is 2.46. The molecule has 2 aromatic carbocycles. The molecular formula is C20H27ClN2O2. The van der Waals surface area contributed by atoms with E-state index in [9.17, 15) is 4.79 Å². The van der Waals surface area contributed by atoms with Gasteiger partial charge in [-0.15, -0.1) is 12.4 Å². The fourth-order valence-corrected chi connectivity index (χ4v) is 2.46. The van der Waals surface area contributed by atoms with E-state index in [1.807, 2.05) is 38.1 Å². The maximum atomic E-state index is 12.2. The molecule has 1 atom stereocenters. The van der Waals surface area contributed by atoms with Crippen molar-refractivity contribution in [2.75, 3.05) is 13.1 Å². The first kappa shape index (κ1) is 21.0. The average molecular weight is 363 g/mol. The maximum absolute atomic E-state index is 12.2. The molecule has 0 saturated heterocycles. The van der Waals surface area contributed by atoms with E-state index >= 15 is 0 Å². The SMILES string of the molecule is CCN[C@H](C)CNC(=O)c1cccc(OCc2cccc(C)c2)c1.Cl. The summed E-state index contributed by atoms with van der Waals surface area (Å²) in [6.07, 6.45) is 0. The minimum Gasteiger partial charge on any atom is -0.489 e. The summed E-state index contributed by atoms with van der Waals surface area (Å²) >= 11 is 0. The molecule has 2 N–H and O–H groups in total. The number of amides is 1. The van der Waals surface area contributed by atoms with Crippen molar-refractivity contribution in [3.05, 3.63) is 65.2 Å². The average Bonchev–Trinajstić information content (AvgIpc) is 2.58. The van der Waals surface area contributed by atoms with Gasteiger partial charge in [0.25, 0.3) is 5.91 Å². The highest BCUT2D eigenvalue weighted by Gasteiger charge is 2.08. The Kier molecular flexibility index (Phi) is 9.03. The van der Waals surface area contributed by atoms with Crippen molar-refractivity contribution < 1.29 is 9.53 Å². The molecule has 0 spiro atoms. The van der Waals surface area contributed by atoms with Crippen LogP contribution < -0.4 is 15.4 Å². The molecular weight excluding hydrogens is 336 g/mol. The van der Waals surface area contributed by atoms with Gasteiger partial charge in [-0.25, -0.2) is 0 Å². The molecule has 1 amide bonds. The molecule has 0 unspecified atom stereocenters. The molecule has 0 radical (unpaired) electrons. The van der Waals surface area contributed by atoms with Crippen molar-refractivity contribution in [1.82, 2.24) is 10.6 Å². The van der Waals surface area contributed by atoms with Gasteiger partial charge in [0.1, 0.15) is 12.4 Å². The van der Waals surface area contributed by atoms with E-state index in [4.69, 9.17) is 4.74 Å². The van der Waals surface area contributed by atoms with Crippen LogP contribution in [-0.2, 0) is 6.61 Å². The second-order valence-electron chi connectivity index (χ2n) is 5.97. The zero-order valence-electron chi connectivity index (χ0n) is 15.0. The van der Waals surface area contributed by atoms with Crippen molar-refractivity contribution in [1.29, 1.82) is 0 Å². The molecule has 5 heteroatoms. The van der Waals surface area contributed by atoms with Crippen LogP contribution in [-0.4, -0.2) is 25.0 Å². The molecule has 0 aliphatic heterocycles. The van der Waals surface area contributed by atoms with Crippen LogP contribution in [0.15, 0.2) is 48.5 Å². The van der Waals surface area contributed by atoms with Crippen LogP contribution in [0, 0.1) is 6.92 Å². The van der Waals surface area contributed by atoms with Crippen molar-refractivity contribution in [2.24, 2.45) is 0 Å². The largest absolute Gasteiger partial charge is 0.489 e. The Balaban J connectivity index is 0.00000312. The van der Waals surface area contributed by atoms with Gasteiger partial charge in [-0.1, -0.05) is 42.8 Å². The smallest absolute Gasteiger partial charge is 0.251 e. The van der Waals surface area contributed by atoms with Gasteiger partial charge < -0.3 is 15.4 Å². The second kappa shape index (κ2) is 10.7. The Hall–Kier alpha value is -2.04. The number of ether oxygens (including phenoxy) is 1. The molecule has 25 heavy (non-hydrogen) atoms. The lowest BCUT2D eigenvalue weighted by Crippen LogP contribution is -2.38. The molecule has 0 heterocycles. The van der Waals surface area contributed by atoms with E-state index in [1.165, 1.54) is 5.56 Å². The topological polar surface area (TPSA) is 50.4 Å². The first-order valence-corrected chi connectivity index (χ1v) is 8.38. The number of likely N-dealkylation sites (N-methyl/N-ethyl adjacent to an activating group) is 1. The van der Waals surface area contributed by atoms with E-state index in [0.717, 1.165) is 12.1 Å². The fraction of sp³-hybridized carbons (Fsp3) is 0.350. The zero-order chi connectivity index (χ0) is 17.4. The van der Waals surface area contributed by atoms with Gasteiger partial charge in [0.15, 0.2) is 0 Å². The minimum absolute atomic E-state index is 0. The third-order valence-corrected chi connectivity index (χ3v) is 3.71. The number of rotatable bonds is 8. The third kappa shape index (κ3) is 7.16. The van der Waals surface area contributed by atoms with Gasteiger partial charge in [-0.3, -0.25) is 4.79 Å². The number of hydrogen-bond acceptors (Lipinski definition) is 3. The van der Waals surface area contributed by atoms with Gasteiger partial charge >= 0.3 is 0 Å². The van der Waals surface area contributed by atoms with Gasteiger partial charge in [0.05, 0.1) is 0 Å². The van der Waals surface area contributed by atoms with Crippen LogP contribution in [0.2, 0.25) is 0 Å². The number of hydrogen-bond donors (Lipinski definition) is 2. The highest BCUT2D eigenvalue weighted by Crippen LogP contribution is 2.15. The molecule has 136 valence electrons. The summed E-state index contributed by atoms with van der Waals surface area (Å²) in [7, 11) is 0. The van der Waals surface area contributed by atoms with E-state index < -0.39 is 0 Å². The Morgan fingerprint density at radius 3 is 2.64 bits per heavy atom. The molecule has 4 nitrogen and oxygen atoms in total. The molecule has 0 saturated carbocycles. The number of aryl methyl sites for hydroxylation is 1. The van der Waals surface area contributed by atoms with Gasteiger partial charge in [0.2, 0.25) is 0 Å². The first-order valence-electron chi connectivity index (χ1n) is 8.38. The molecule has 2 rings (SSSR count). The van der Waals surface area contributed by atoms with Crippen molar-refractivity contribution in [3.63, 3.8) is 0 Å². The summed E-state index contributed by atoms with van der Waals surface area (Å²) in [4.78, 5) is 12.2. The van der Waals surface area contributed by atoms with Crippen molar-refractivity contribution in [3.8, 4) is 5.75 Å². The number of halogens is 1. The van der Waals surface area contributed by atoms with Gasteiger partial charge in [-0.2, -0.15) is 0 Å². The highest BCUT2D eigenvalue weighted by atomic mass is 35.5. The standard InChI is InChI=1S/C20H26N2O2.ClH/c1-4-21-16(3)13-22-20(23)18-9-6-10-19(12-18)24-14-17-8-5-7-15(2)11-17;/h5-12,16,21H,4,13-14H2,1-3H3,(H,22,23);1H/t16-;/m1./s1. The Morgan fingerprint density at radius 1 is 1.16 bits per heavy atom. The number of carbonyl (C=O) groups is 1. The van der Waals surface area contributed by atoms with Gasteiger partial charge in [-0.05, 0) is 44.2 Å². The van der Waals surface area contributed by atoms with Crippen molar-refractivity contribution in [2.45, 2.75) is 33.4 Å². The van der Waals surface area contributed by atoms with Crippen molar-refractivity contribution >= 4 is 18.3 Å². The monoisotopic (exact) mass is 362 g/mol. The maximum Gasteiger partial charge on any atom is 0.251 e. The highest BCUT2D eigenvalue weighted by molar-refractivity contribution is 5.94. The normalized spacial score (nSPS) is 11.3. The molecule has 0 bridgehead atoms. The van der Waals surface area contributed by atoms with E-state index in [0.29, 0.717) is 24.5 Å². The third-order valence-electron chi connectivity index (χ3n) is 3.71. The van der Waals surface area contributed by atoms with E-state index in [2.05, 4.69) is 29.7 Å². The Morgan fingerprint density at radius 2 is 1.92 bits per heavy atom.